The molecule has 5 heteroatoms. The standard InChI is InChI=1S/C19H25BrN2O2/c1-11(2)8-14-17(19(14,4)5)18(24)21-10-16(23)22-15-7-6-13(20)9-12(15)3/h6-9,14,17H,10H2,1-5H3,(H,21,24)(H,22,23)/t14-,17-/m1/s1. The van der Waals surface area contributed by atoms with Crippen LogP contribution in [0.25, 0.3) is 0 Å². The first kappa shape index (κ1) is 18.7. The number of rotatable bonds is 5. The van der Waals surface area contributed by atoms with Gasteiger partial charge in [0.15, 0.2) is 0 Å². The summed E-state index contributed by atoms with van der Waals surface area (Å²) in [5.41, 5.74) is 2.90. The summed E-state index contributed by atoms with van der Waals surface area (Å²) in [6.45, 7) is 10.2. The predicted octanol–water partition coefficient (Wildman–Crippen LogP) is 4.05. The molecule has 130 valence electrons. The van der Waals surface area contributed by atoms with Crippen LogP contribution < -0.4 is 10.6 Å². The van der Waals surface area contributed by atoms with E-state index >= 15 is 0 Å². The zero-order chi connectivity index (χ0) is 18.1. The zero-order valence-corrected chi connectivity index (χ0v) is 16.5. The number of carbonyl (C=O) groups excluding carboxylic acids is 2. The second kappa shape index (κ2) is 7.09. The molecule has 0 radical (unpaired) electrons. The molecule has 1 aliphatic carbocycles. The van der Waals surface area contributed by atoms with Crippen molar-refractivity contribution in [3.05, 3.63) is 39.9 Å². The van der Waals surface area contributed by atoms with E-state index in [0.29, 0.717) is 0 Å². The number of anilines is 1. The molecule has 2 rings (SSSR count). The summed E-state index contributed by atoms with van der Waals surface area (Å²) in [5, 5.41) is 5.59. The Morgan fingerprint density at radius 1 is 1.29 bits per heavy atom. The number of hydrogen-bond acceptors (Lipinski definition) is 2. The normalized spacial score (nSPS) is 20.9. The molecule has 0 aliphatic heterocycles. The fourth-order valence-corrected chi connectivity index (χ4v) is 3.56. The minimum atomic E-state index is -0.217. The van der Waals surface area contributed by atoms with E-state index in [0.717, 1.165) is 15.7 Å². The SMILES string of the molecule is CC(C)=C[C@@H]1[C@H](C(=O)NCC(=O)Nc2ccc(Br)cc2C)C1(C)C. The van der Waals surface area contributed by atoms with E-state index in [9.17, 15) is 9.59 Å². The first-order valence-electron chi connectivity index (χ1n) is 8.11. The molecule has 0 aromatic heterocycles. The summed E-state index contributed by atoms with van der Waals surface area (Å²) in [7, 11) is 0. The Bertz CT molecular complexity index is 691. The van der Waals surface area contributed by atoms with Gasteiger partial charge in [-0.15, -0.1) is 0 Å². The molecular formula is C19H25BrN2O2. The van der Waals surface area contributed by atoms with Gasteiger partial charge in [-0.1, -0.05) is 41.4 Å². The smallest absolute Gasteiger partial charge is 0.243 e. The molecule has 0 spiro atoms. The predicted molar refractivity (Wildman–Crippen MR) is 101 cm³/mol. The van der Waals surface area contributed by atoms with Gasteiger partial charge in [0.05, 0.1) is 12.5 Å². The molecule has 4 nitrogen and oxygen atoms in total. The molecular weight excluding hydrogens is 368 g/mol. The van der Waals surface area contributed by atoms with E-state index in [1.165, 1.54) is 5.57 Å². The summed E-state index contributed by atoms with van der Waals surface area (Å²) >= 11 is 3.39. The molecule has 1 aliphatic rings. The number of nitrogens with one attached hydrogen (secondary N) is 2. The lowest BCUT2D eigenvalue weighted by Gasteiger charge is -2.10. The van der Waals surface area contributed by atoms with Gasteiger partial charge in [-0.2, -0.15) is 0 Å². The molecule has 0 bridgehead atoms. The lowest BCUT2D eigenvalue weighted by molar-refractivity contribution is -0.125. The highest BCUT2D eigenvalue weighted by atomic mass is 79.9. The highest BCUT2D eigenvalue weighted by Gasteiger charge is 2.60. The monoisotopic (exact) mass is 392 g/mol. The lowest BCUT2D eigenvalue weighted by Crippen LogP contribution is -2.34. The van der Waals surface area contributed by atoms with Crippen LogP contribution in [0.4, 0.5) is 5.69 Å². The van der Waals surface area contributed by atoms with E-state index in [4.69, 9.17) is 0 Å². The number of hydrogen-bond donors (Lipinski definition) is 2. The van der Waals surface area contributed by atoms with Crippen LogP contribution in [0.15, 0.2) is 34.3 Å². The third-order valence-corrected chi connectivity index (χ3v) is 5.09. The van der Waals surface area contributed by atoms with Crippen molar-refractivity contribution in [3.8, 4) is 0 Å². The second-order valence-electron chi connectivity index (χ2n) is 7.29. The van der Waals surface area contributed by atoms with Gasteiger partial charge in [0.25, 0.3) is 0 Å². The van der Waals surface area contributed by atoms with Gasteiger partial charge in [-0.05, 0) is 55.9 Å². The first-order chi connectivity index (χ1) is 11.1. The minimum absolute atomic E-state index is 0.0114. The van der Waals surface area contributed by atoms with E-state index in [-0.39, 0.29) is 35.6 Å². The maximum absolute atomic E-state index is 12.4. The summed E-state index contributed by atoms with van der Waals surface area (Å²) < 4.78 is 0.965. The van der Waals surface area contributed by atoms with Crippen molar-refractivity contribution >= 4 is 33.4 Å². The number of halogens is 1. The van der Waals surface area contributed by atoms with E-state index in [1.54, 1.807) is 0 Å². The van der Waals surface area contributed by atoms with Crippen molar-refractivity contribution in [1.82, 2.24) is 5.32 Å². The fourth-order valence-electron chi connectivity index (χ4n) is 3.09. The summed E-state index contributed by atoms with van der Waals surface area (Å²) in [5.74, 6) is -0.0786. The number of amides is 2. The summed E-state index contributed by atoms with van der Waals surface area (Å²) in [4.78, 5) is 24.4. The molecule has 2 atom stereocenters. The van der Waals surface area contributed by atoms with Crippen LogP contribution in [-0.4, -0.2) is 18.4 Å². The van der Waals surface area contributed by atoms with Gasteiger partial charge in [0, 0.05) is 10.2 Å². The van der Waals surface area contributed by atoms with E-state index < -0.39 is 0 Å². The Morgan fingerprint density at radius 2 is 1.96 bits per heavy atom. The number of benzene rings is 1. The van der Waals surface area contributed by atoms with Crippen molar-refractivity contribution < 1.29 is 9.59 Å². The Balaban J connectivity index is 1.88. The number of aryl methyl sites for hydroxylation is 1. The Kier molecular flexibility index (Phi) is 5.53. The van der Waals surface area contributed by atoms with Crippen molar-refractivity contribution in [1.29, 1.82) is 0 Å². The molecule has 2 N–H and O–H groups in total. The molecule has 0 unspecified atom stereocenters. The maximum Gasteiger partial charge on any atom is 0.243 e. The molecule has 1 aromatic rings. The molecule has 0 saturated heterocycles. The van der Waals surface area contributed by atoms with E-state index in [2.05, 4.69) is 46.5 Å². The van der Waals surface area contributed by atoms with Crippen LogP contribution in [0.1, 0.15) is 33.3 Å². The third-order valence-electron chi connectivity index (χ3n) is 4.59. The van der Waals surface area contributed by atoms with Gasteiger partial charge < -0.3 is 10.6 Å². The molecule has 24 heavy (non-hydrogen) atoms. The highest BCUT2D eigenvalue weighted by molar-refractivity contribution is 9.10. The Hall–Kier alpha value is -1.62. The quantitative estimate of drug-likeness (QED) is 0.742. The molecule has 1 fully saturated rings. The van der Waals surface area contributed by atoms with Gasteiger partial charge in [0.1, 0.15) is 0 Å². The van der Waals surface area contributed by atoms with E-state index in [1.807, 2.05) is 39.0 Å². The van der Waals surface area contributed by atoms with Crippen molar-refractivity contribution in [2.75, 3.05) is 11.9 Å². The zero-order valence-electron chi connectivity index (χ0n) is 14.9. The minimum Gasteiger partial charge on any atom is -0.347 e. The summed E-state index contributed by atoms with van der Waals surface area (Å²) in [6.07, 6.45) is 2.15. The van der Waals surface area contributed by atoms with Gasteiger partial charge in [-0.3, -0.25) is 9.59 Å². The molecule has 1 saturated carbocycles. The van der Waals surface area contributed by atoms with Crippen LogP contribution in [0.2, 0.25) is 0 Å². The van der Waals surface area contributed by atoms with Gasteiger partial charge in [0.2, 0.25) is 11.8 Å². The Labute approximate surface area is 152 Å². The van der Waals surface area contributed by atoms with Crippen molar-refractivity contribution in [3.63, 3.8) is 0 Å². The number of allylic oxidation sites excluding steroid dienone is 2. The average Bonchev–Trinajstić information content (AvgIpc) is 2.99. The highest BCUT2D eigenvalue weighted by Crippen LogP contribution is 2.59. The van der Waals surface area contributed by atoms with Crippen LogP contribution in [0.5, 0.6) is 0 Å². The van der Waals surface area contributed by atoms with Crippen molar-refractivity contribution in [2.24, 2.45) is 17.3 Å². The molecule has 1 aromatic carbocycles. The van der Waals surface area contributed by atoms with Crippen LogP contribution >= 0.6 is 15.9 Å². The van der Waals surface area contributed by atoms with Crippen LogP contribution in [0.3, 0.4) is 0 Å². The number of carbonyl (C=O) groups is 2. The topological polar surface area (TPSA) is 58.2 Å². The Morgan fingerprint density at radius 3 is 2.54 bits per heavy atom. The van der Waals surface area contributed by atoms with Gasteiger partial charge in [-0.25, -0.2) is 0 Å². The first-order valence-corrected chi connectivity index (χ1v) is 8.91. The van der Waals surface area contributed by atoms with Gasteiger partial charge >= 0.3 is 0 Å². The van der Waals surface area contributed by atoms with Crippen molar-refractivity contribution in [2.45, 2.75) is 34.6 Å². The maximum atomic E-state index is 12.4. The second-order valence-corrected chi connectivity index (χ2v) is 8.21. The average molecular weight is 393 g/mol. The molecule has 0 heterocycles. The van der Waals surface area contributed by atoms with Crippen LogP contribution in [-0.2, 0) is 9.59 Å². The largest absolute Gasteiger partial charge is 0.347 e. The molecule has 2 amide bonds. The van der Waals surface area contributed by atoms with Crippen LogP contribution in [0, 0.1) is 24.2 Å². The summed E-state index contributed by atoms with van der Waals surface area (Å²) in [6, 6.07) is 5.65. The fraction of sp³-hybridized carbons (Fsp3) is 0.474. The third kappa shape index (κ3) is 4.26. The lowest BCUT2D eigenvalue weighted by atomic mass is 10.1.